The SMILES string of the molecule is CCCc1cc(N2[CH]CCC2)nc(Nc2cc(Cl)ccc2C)n1. The highest BCUT2D eigenvalue weighted by molar-refractivity contribution is 6.30. The molecule has 4 nitrogen and oxygen atoms in total. The van der Waals surface area contributed by atoms with Crippen LogP contribution in [0.25, 0.3) is 0 Å². The number of hydrogen-bond acceptors (Lipinski definition) is 4. The topological polar surface area (TPSA) is 41.1 Å². The van der Waals surface area contributed by atoms with Crippen molar-refractivity contribution in [2.75, 3.05) is 16.8 Å². The van der Waals surface area contributed by atoms with Crippen molar-refractivity contribution in [2.24, 2.45) is 0 Å². The van der Waals surface area contributed by atoms with Crippen molar-refractivity contribution < 1.29 is 0 Å². The molecule has 0 amide bonds. The van der Waals surface area contributed by atoms with E-state index in [1.54, 1.807) is 0 Å². The Bertz CT molecular complexity index is 681. The van der Waals surface area contributed by atoms with Gasteiger partial charge in [-0.1, -0.05) is 31.0 Å². The molecule has 0 saturated carbocycles. The standard InChI is InChI=1S/C18H22ClN4/c1-3-6-15-12-17(23-9-4-5-10-23)22-18(20-15)21-16-11-14(19)8-7-13(16)2/h7-9,11-12H,3-6,10H2,1-2H3,(H,20,21,22). The summed E-state index contributed by atoms with van der Waals surface area (Å²) in [5, 5.41) is 4.03. The molecule has 1 aliphatic rings. The summed E-state index contributed by atoms with van der Waals surface area (Å²) in [6.45, 7) is 7.45. The number of aromatic nitrogens is 2. The second-order valence-corrected chi connectivity index (χ2v) is 6.33. The monoisotopic (exact) mass is 329 g/mol. The van der Waals surface area contributed by atoms with Crippen LogP contribution in [0, 0.1) is 13.5 Å². The summed E-state index contributed by atoms with van der Waals surface area (Å²) in [6, 6.07) is 7.90. The van der Waals surface area contributed by atoms with Crippen molar-refractivity contribution in [1.82, 2.24) is 9.97 Å². The normalized spacial score (nSPS) is 14.3. The smallest absolute Gasteiger partial charge is 0.229 e. The fourth-order valence-corrected chi connectivity index (χ4v) is 2.90. The first-order valence-corrected chi connectivity index (χ1v) is 8.54. The minimum absolute atomic E-state index is 0.636. The Morgan fingerprint density at radius 2 is 2.13 bits per heavy atom. The van der Waals surface area contributed by atoms with E-state index in [0.717, 1.165) is 48.6 Å². The molecule has 1 fully saturated rings. The average Bonchev–Trinajstić information content (AvgIpc) is 3.05. The van der Waals surface area contributed by atoms with E-state index in [0.29, 0.717) is 11.0 Å². The minimum Gasteiger partial charge on any atom is -0.351 e. The van der Waals surface area contributed by atoms with Gasteiger partial charge in [0.2, 0.25) is 5.95 Å². The third kappa shape index (κ3) is 3.94. The van der Waals surface area contributed by atoms with E-state index in [1.165, 1.54) is 6.42 Å². The number of benzene rings is 1. The molecular weight excluding hydrogens is 308 g/mol. The lowest BCUT2D eigenvalue weighted by Crippen LogP contribution is -2.17. The zero-order valence-corrected chi connectivity index (χ0v) is 14.4. The Hall–Kier alpha value is -1.81. The first-order chi connectivity index (χ1) is 11.2. The molecule has 2 aromatic rings. The van der Waals surface area contributed by atoms with Gasteiger partial charge in [-0.05, 0) is 43.9 Å². The quantitative estimate of drug-likeness (QED) is 0.847. The summed E-state index contributed by atoms with van der Waals surface area (Å²) < 4.78 is 0. The van der Waals surface area contributed by atoms with Crippen molar-refractivity contribution >= 4 is 29.1 Å². The number of anilines is 3. The molecule has 1 saturated heterocycles. The zero-order valence-electron chi connectivity index (χ0n) is 13.6. The van der Waals surface area contributed by atoms with Crippen molar-refractivity contribution in [1.29, 1.82) is 0 Å². The van der Waals surface area contributed by atoms with E-state index in [-0.39, 0.29) is 0 Å². The predicted molar refractivity (Wildman–Crippen MR) is 96.4 cm³/mol. The van der Waals surface area contributed by atoms with Gasteiger partial charge >= 0.3 is 0 Å². The van der Waals surface area contributed by atoms with Crippen LogP contribution in [-0.4, -0.2) is 16.5 Å². The zero-order chi connectivity index (χ0) is 16.2. The molecule has 0 aliphatic carbocycles. The van der Waals surface area contributed by atoms with Crippen LogP contribution in [0.3, 0.4) is 0 Å². The molecule has 1 aromatic carbocycles. The van der Waals surface area contributed by atoms with Crippen molar-refractivity contribution in [2.45, 2.75) is 39.5 Å². The third-order valence-corrected chi connectivity index (χ3v) is 4.20. The second-order valence-electron chi connectivity index (χ2n) is 5.89. The molecule has 0 spiro atoms. The first-order valence-electron chi connectivity index (χ1n) is 8.17. The highest BCUT2D eigenvalue weighted by atomic mass is 35.5. The van der Waals surface area contributed by atoms with Crippen LogP contribution in [0.2, 0.25) is 5.02 Å². The molecule has 1 radical (unpaired) electrons. The summed E-state index contributed by atoms with van der Waals surface area (Å²) >= 11 is 6.10. The largest absolute Gasteiger partial charge is 0.351 e. The van der Waals surface area contributed by atoms with Gasteiger partial charge < -0.3 is 10.2 Å². The maximum absolute atomic E-state index is 6.10. The van der Waals surface area contributed by atoms with Gasteiger partial charge in [-0.2, -0.15) is 4.98 Å². The number of nitrogens with one attached hydrogen (secondary N) is 1. The van der Waals surface area contributed by atoms with Gasteiger partial charge in [-0.3, -0.25) is 0 Å². The Balaban J connectivity index is 1.92. The molecule has 1 aromatic heterocycles. The van der Waals surface area contributed by atoms with Crippen LogP contribution in [0.4, 0.5) is 17.5 Å². The Morgan fingerprint density at radius 3 is 2.87 bits per heavy atom. The van der Waals surface area contributed by atoms with E-state index in [9.17, 15) is 0 Å². The van der Waals surface area contributed by atoms with Crippen molar-refractivity contribution in [3.63, 3.8) is 0 Å². The molecule has 23 heavy (non-hydrogen) atoms. The fraction of sp³-hybridized carbons (Fsp3) is 0.389. The highest BCUT2D eigenvalue weighted by Gasteiger charge is 2.16. The molecule has 5 heteroatoms. The maximum Gasteiger partial charge on any atom is 0.229 e. The van der Waals surface area contributed by atoms with Gasteiger partial charge in [0.05, 0.1) is 6.54 Å². The summed E-state index contributed by atoms with van der Waals surface area (Å²) in [7, 11) is 0. The van der Waals surface area contributed by atoms with Crippen LogP contribution in [0.1, 0.15) is 37.4 Å². The second kappa shape index (κ2) is 7.18. The van der Waals surface area contributed by atoms with Gasteiger partial charge in [0.25, 0.3) is 0 Å². The van der Waals surface area contributed by atoms with E-state index >= 15 is 0 Å². The Morgan fingerprint density at radius 1 is 1.26 bits per heavy atom. The highest BCUT2D eigenvalue weighted by Crippen LogP contribution is 2.26. The third-order valence-electron chi connectivity index (χ3n) is 3.96. The van der Waals surface area contributed by atoms with Crippen LogP contribution < -0.4 is 10.2 Å². The maximum atomic E-state index is 6.10. The van der Waals surface area contributed by atoms with E-state index in [4.69, 9.17) is 16.6 Å². The molecule has 3 rings (SSSR count). The predicted octanol–water partition coefficient (Wildman–Crippen LogP) is 4.90. The van der Waals surface area contributed by atoms with Crippen LogP contribution in [0.5, 0.6) is 0 Å². The minimum atomic E-state index is 0.636. The molecule has 0 atom stereocenters. The number of hydrogen-bond donors (Lipinski definition) is 1. The summed E-state index contributed by atoms with van der Waals surface area (Å²) in [5.74, 6) is 1.61. The Labute approximate surface area is 142 Å². The van der Waals surface area contributed by atoms with Gasteiger partial charge in [-0.15, -0.1) is 0 Å². The number of halogens is 1. The first kappa shape index (κ1) is 16.1. The van der Waals surface area contributed by atoms with Gasteiger partial charge in [0, 0.05) is 29.0 Å². The van der Waals surface area contributed by atoms with Gasteiger partial charge in [-0.25, -0.2) is 4.98 Å². The number of rotatable bonds is 5. The van der Waals surface area contributed by atoms with Gasteiger partial charge in [0.1, 0.15) is 5.82 Å². The summed E-state index contributed by atoms with van der Waals surface area (Å²) in [5.41, 5.74) is 3.13. The van der Waals surface area contributed by atoms with Crippen molar-refractivity contribution in [3.8, 4) is 0 Å². The molecular formula is C18H22ClN4. The fourth-order valence-electron chi connectivity index (χ4n) is 2.73. The molecule has 1 N–H and O–H groups in total. The van der Waals surface area contributed by atoms with E-state index in [2.05, 4.69) is 34.7 Å². The Kier molecular flexibility index (Phi) is 5.01. The molecule has 0 bridgehead atoms. The molecule has 0 unspecified atom stereocenters. The van der Waals surface area contributed by atoms with Crippen LogP contribution in [0.15, 0.2) is 24.3 Å². The van der Waals surface area contributed by atoms with Crippen molar-refractivity contribution in [3.05, 3.63) is 47.1 Å². The summed E-state index contributed by atoms with van der Waals surface area (Å²) in [4.78, 5) is 11.6. The van der Waals surface area contributed by atoms with Crippen LogP contribution >= 0.6 is 11.6 Å². The molecule has 121 valence electrons. The van der Waals surface area contributed by atoms with Gasteiger partial charge in [0.15, 0.2) is 0 Å². The van der Waals surface area contributed by atoms with E-state index in [1.807, 2.05) is 25.1 Å². The lowest BCUT2D eigenvalue weighted by Gasteiger charge is -2.18. The molecule has 1 aliphatic heterocycles. The summed E-state index contributed by atoms with van der Waals surface area (Å²) in [6.07, 6.45) is 4.31. The average molecular weight is 330 g/mol. The lowest BCUT2D eigenvalue weighted by molar-refractivity contribution is 0.866. The number of nitrogens with zero attached hydrogens (tertiary/aromatic N) is 3. The van der Waals surface area contributed by atoms with E-state index < -0.39 is 0 Å². The number of aryl methyl sites for hydroxylation is 2. The lowest BCUT2D eigenvalue weighted by atomic mass is 10.2. The van der Waals surface area contributed by atoms with Crippen LogP contribution in [-0.2, 0) is 6.42 Å². The molecule has 2 heterocycles.